The van der Waals surface area contributed by atoms with E-state index in [-0.39, 0.29) is 18.2 Å². The van der Waals surface area contributed by atoms with Crippen molar-refractivity contribution in [1.82, 2.24) is 19.9 Å². The molecule has 0 saturated heterocycles. The van der Waals surface area contributed by atoms with E-state index in [1.165, 1.54) is 0 Å². The molecule has 0 atom stereocenters. The first-order valence-corrected chi connectivity index (χ1v) is 14.5. The third-order valence-electron chi connectivity index (χ3n) is 7.30. The number of hydrogen-bond donors (Lipinski definition) is 1. The number of pyridine rings is 1. The summed E-state index contributed by atoms with van der Waals surface area (Å²) in [7, 11) is 4.94. The van der Waals surface area contributed by atoms with Crippen molar-refractivity contribution in [3.63, 3.8) is 0 Å². The van der Waals surface area contributed by atoms with Crippen molar-refractivity contribution >= 4 is 38.4 Å². The van der Waals surface area contributed by atoms with E-state index in [9.17, 15) is 4.79 Å². The highest BCUT2D eigenvalue weighted by Crippen LogP contribution is 2.47. The number of nitrogens with one attached hydrogen (secondary N) is 1. The van der Waals surface area contributed by atoms with Gasteiger partial charge >= 0.3 is 5.95 Å². The number of halogens is 1. The maximum Gasteiger partial charge on any atom is 0.402 e. The van der Waals surface area contributed by atoms with Crippen molar-refractivity contribution in [2.45, 2.75) is 70.2 Å². The smallest absolute Gasteiger partial charge is 0.402 e. The van der Waals surface area contributed by atoms with Gasteiger partial charge in [0.2, 0.25) is 0 Å². The lowest BCUT2D eigenvalue weighted by molar-refractivity contribution is -0.610. The number of fused-ring (bicyclic) bond motifs is 2. The number of ketones is 1. The van der Waals surface area contributed by atoms with Gasteiger partial charge in [-0.2, -0.15) is 0 Å². The first-order valence-electron chi connectivity index (χ1n) is 12.2. The van der Waals surface area contributed by atoms with Crippen molar-refractivity contribution in [1.29, 1.82) is 0 Å². The number of carbonyl (C=O) groups excluding carboxylic acids is 1. The molecule has 7 nitrogen and oxygen atoms in total. The lowest BCUT2D eigenvalue weighted by atomic mass is 9.80. The molecule has 38 heavy (non-hydrogen) atoms. The Bertz CT molecular complexity index is 1490. The highest BCUT2D eigenvalue weighted by Gasteiger charge is 2.50. The average Bonchev–Trinajstić information content (AvgIpc) is 3.30. The van der Waals surface area contributed by atoms with Gasteiger partial charge in [-0.25, -0.2) is 19.5 Å². The Labute approximate surface area is 237 Å². The van der Waals surface area contributed by atoms with Gasteiger partial charge in [-0.1, -0.05) is 15.8 Å². The van der Waals surface area contributed by atoms with E-state index in [1.54, 1.807) is 28.7 Å². The van der Waals surface area contributed by atoms with Crippen molar-refractivity contribution in [3.8, 4) is 11.7 Å². The van der Waals surface area contributed by atoms with Crippen molar-refractivity contribution in [2.24, 2.45) is 0 Å². The van der Waals surface area contributed by atoms with Crippen LogP contribution in [0.4, 0.5) is 0 Å². The number of imidazole rings is 1. The Morgan fingerprint density at radius 3 is 2.24 bits per heavy atom. The van der Waals surface area contributed by atoms with Crippen LogP contribution in [0.5, 0.6) is 5.75 Å². The van der Waals surface area contributed by atoms with Crippen LogP contribution in [-0.2, 0) is 21.4 Å². The molecule has 1 aromatic carbocycles. The van der Waals surface area contributed by atoms with Gasteiger partial charge in [-0.15, -0.1) is 0 Å². The van der Waals surface area contributed by atoms with Gasteiger partial charge in [0.25, 0.3) is 0 Å². The summed E-state index contributed by atoms with van der Waals surface area (Å²) in [6.07, 6.45) is 1.99. The summed E-state index contributed by atoms with van der Waals surface area (Å²) < 4.78 is 7.71. The summed E-state index contributed by atoms with van der Waals surface area (Å²) in [6, 6.07) is 8.12. The van der Waals surface area contributed by atoms with E-state index < -0.39 is 10.8 Å². The van der Waals surface area contributed by atoms with Crippen molar-refractivity contribution in [2.75, 3.05) is 7.11 Å². The van der Waals surface area contributed by atoms with Crippen molar-refractivity contribution < 1.29 is 26.5 Å². The van der Waals surface area contributed by atoms with Crippen LogP contribution in [-0.4, -0.2) is 32.8 Å². The zero-order chi connectivity index (χ0) is 26.7. The molecule has 3 heterocycles. The summed E-state index contributed by atoms with van der Waals surface area (Å²) in [5.41, 5.74) is 6.89. The van der Waals surface area contributed by atoms with Gasteiger partial charge < -0.3 is 17.1 Å². The van der Waals surface area contributed by atoms with Crippen LogP contribution in [0.1, 0.15) is 61.5 Å². The zero-order valence-electron chi connectivity index (χ0n) is 22.9. The SMILES string of the molecule is COc1cc[n+](-c2nc3cc4c(cc3[nH]2)C(C)(C)C(=O)C4(C)C)c(CSSc2nc(C)cc(C)n2)c1C.[Cl-]. The number of methoxy groups -OCH3 is 1. The third-order valence-corrected chi connectivity index (χ3v) is 9.29. The zero-order valence-corrected chi connectivity index (χ0v) is 25.3. The second-order valence-electron chi connectivity index (χ2n) is 10.7. The number of aromatic nitrogens is 5. The predicted molar refractivity (Wildman–Crippen MR) is 149 cm³/mol. The number of nitrogens with zero attached hydrogens (tertiary/aromatic N) is 4. The number of hydrogen-bond acceptors (Lipinski definition) is 7. The fourth-order valence-corrected chi connectivity index (χ4v) is 7.41. The van der Waals surface area contributed by atoms with Crippen LogP contribution in [0.15, 0.2) is 35.6 Å². The first-order chi connectivity index (χ1) is 17.4. The molecule has 5 rings (SSSR count). The Morgan fingerprint density at radius 1 is 0.974 bits per heavy atom. The topological polar surface area (TPSA) is 84.6 Å². The summed E-state index contributed by atoms with van der Waals surface area (Å²) in [5, 5.41) is 0.757. The summed E-state index contributed by atoms with van der Waals surface area (Å²) in [5.74, 6) is 2.51. The standard InChI is InChI=1S/C28H32N5O2S2.ClH/c1-15-11-16(2)30-26(29-15)37-36-14-22-17(3)23(35-8)9-10-33(22)25-31-20-12-18-19(13-21(20)32-25)28(6,7)24(34)27(18,4)5;/h9-13H,14H2,1-8H3,(H,31,32);1H/q+1;/p-1. The Hall–Kier alpha value is -2.62. The molecule has 0 bridgehead atoms. The molecule has 10 heteroatoms. The Kier molecular flexibility index (Phi) is 7.60. The number of benzene rings is 1. The molecule has 1 N–H and O–H groups in total. The number of H-pyrrole nitrogens is 1. The Balaban J connectivity index is 0.00000336. The number of ether oxygens (including phenoxy) is 1. The van der Waals surface area contributed by atoms with Gasteiger partial charge in [0.05, 0.1) is 19.1 Å². The number of rotatable bonds is 6. The van der Waals surface area contributed by atoms with Crippen LogP contribution in [0.2, 0.25) is 0 Å². The predicted octanol–water partition coefficient (Wildman–Crippen LogP) is 2.65. The minimum atomic E-state index is -0.536. The van der Waals surface area contributed by atoms with Gasteiger partial charge in [-0.3, -0.25) is 4.79 Å². The average molecular weight is 570 g/mol. The minimum Gasteiger partial charge on any atom is -1.00 e. The molecule has 0 fully saturated rings. The molecule has 0 aliphatic heterocycles. The van der Waals surface area contributed by atoms with E-state index in [1.807, 2.05) is 59.9 Å². The molecule has 0 unspecified atom stereocenters. The molecule has 3 aromatic heterocycles. The van der Waals surface area contributed by atoms with Crippen LogP contribution >= 0.6 is 21.6 Å². The van der Waals surface area contributed by atoms with Crippen LogP contribution in [0.25, 0.3) is 17.0 Å². The number of carbonyl (C=O) groups is 1. The number of aromatic amines is 1. The van der Waals surface area contributed by atoms with E-state index in [0.29, 0.717) is 5.75 Å². The van der Waals surface area contributed by atoms with E-state index in [0.717, 1.165) is 61.7 Å². The van der Waals surface area contributed by atoms with Gasteiger partial charge in [-0.05, 0) is 88.6 Å². The molecule has 1 aliphatic carbocycles. The molecule has 0 spiro atoms. The van der Waals surface area contributed by atoms with Crippen molar-refractivity contribution in [3.05, 3.63) is 64.2 Å². The quantitative estimate of drug-likeness (QED) is 0.217. The van der Waals surface area contributed by atoms with Gasteiger partial charge in [0.15, 0.2) is 16.5 Å². The fraction of sp³-hybridized carbons (Fsp3) is 0.393. The Morgan fingerprint density at radius 2 is 1.61 bits per heavy atom. The third kappa shape index (κ3) is 4.69. The molecule has 0 saturated carbocycles. The minimum absolute atomic E-state index is 0. The van der Waals surface area contributed by atoms with E-state index in [4.69, 9.17) is 9.72 Å². The van der Waals surface area contributed by atoms with Gasteiger partial charge in [0, 0.05) is 33.8 Å². The fourth-order valence-electron chi connectivity index (χ4n) is 5.36. The first kappa shape index (κ1) is 28.4. The number of aryl methyl sites for hydroxylation is 2. The molecular formula is C28H32ClN5O2S2. The second kappa shape index (κ2) is 10.2. The van der Waals surface area contributed by atoms with E-state index >= 15 is 0 Å². The second-order valence-corrected chi connectivity index (χ2v) is 12.9. The summed E-state index contributed by atoms with van der Waals surface area (Å²) in [4.78, 5) is 30.7. The normalized spacial score (nSPS) is 15.4. The lowest BCUT2D eigenvalue weighted by Gasteiger charge is -2.21. The van der Waals surface area contributed by atoms with Crippen LogP contribution < -0.4 is 21.7 Å². The van der Waals surface area contributed by atoms with Gasteiger partial charge in [0.1, 0.15) is 17.0 Å². The highest BCUT2D eigenvalue weighted by atomic mass is 35.5. The monoisotopic (exact) mass is 569 g/mol. The largest absolute Gasteiger partial charge is 1.00 e. The lowest BCUT2D eigenvalue weighted by Crippen LogP contribution is -3.00. The number of Topliss-reactive ketones (excluding diaryl/α,β-unsaturated/α-hetero) is 1. The summed E-state index contributed by atoms with van der Waals surface area (Å²) in [6.45, 7) is 14.1. The van der Waals surface area contributed by atoms with Crippen LogP contribution in [0.3, 0.4) is 0 Å². The molecule has 200 valence electrons. The molecule has 0 amide bonds. The van der Waals surface area contributed by atoms with Crippen LogP contribution in [0, 0.1) is 20.8 Å². The molecule has 0 radical (unpaired) electrons. The molecule has 1 aliphatic rings. The van der Waals surface area contributed by atoms with E-state index in [2.05, 4.69) is 38.6 Å². The maximum absolute atomic E-state index is 13.1. The molecule has 4 aromatic rings. The molecular weight excluding hydrogens is 538 g/mol. The highest BCUT2D eigenvalue weighted by molar-refractivity contribution is 8.76. The summed E-state index contributed by atoms with van der Waals surface area (Å²) >= 11 is 0. The maximum atomic E-state index is 13.1.